The summed E-state index contributed by atoms with van der Waals surface area (Å²) >= 11 is 0. The van der Waals surface area contributed by atoms with Gasteiger partial charge in [0.2, 0.25) is 5.91 Å². The predicted molar refractivity (Wildman–Crippen MR) is 64.7 cm³/mol. The van der Waals surface area contributed by atoms with Crippen LogP contribution in [0.5, 0.6) is 0 Å². The fraction of sp³-hybridized carbons (Fsp3) is 0.833. The van der Waals surface area contributed by atoms with Crippen molar-refractivity contribution >= 4 is 11.9 Å². The second kappa shape index (κ2) is 5.49. The first-order chi connectivity index (χ1) is 7.91. The maximum absolute atomic E-state index is 12.3. The highest BCUT2D eigenvalue weighted by atomic mass is 16.4. The smallest absolute Gasteiger partial charge is 0.329 e. The Kier molecular flexibility index (Phi) is 4.51. The largest absolute Gasteiger partial charge is 0.480 e. The number of hydrogen-bond acceptors (Lipinski definition) is 3. The van der Waals surface area contributed by atoms with Crippen LogP contribution in [-0.2, 0) is 9.59 Å². The van der Waals surface area contributed by atoms with Gasteiger partial charge in [-0.1, -0.05) is 0 Å². The molecule has 0 atom stereocenters. The van der Waals surface area contributed by atoms with Crippen LogP contribution in [0.25, 0.3) is 0 Å². The lowest BCUT2D eigenvalue weighted by molar-refractivity contribution is -0.158. The van der Waals surface area contributed by atoms with Crippen molar-refractivity contribution in [3.8, 4) is 0 Å². The molecular formula is C12H22N2O3. The molecule has 1 rings (SSSR count). The number of likely N-dealkylation sites (N-methyl/N-ethyl adjacent to an activating group) is 1. The van der Waals surface area contributed by atoms with Crippen LogP contribution in [0.3, 0.4) is 0 Å². The van der Waals surface area contributed by atoms with Gasteiger partial charge in [0.05, 0.1) is 0 Å². The molecule has 0 aromatic heterocycles. The average Bonchev–Trinajstić information content (AvgIpc) is 2.30. The molecule has 0 aromatic rings. The summed E-state index contributed by atoms with van der Waals surface area (Å²) < 4.78 is 0. The van der Waals surface area contributed by atoms with Crippen molar-refractivity contribution in [2.75, 3.05) is 19.6 Å². The van der Waals surface area contributed by atoms with Crippen molar-refractivity contribution in [1.29, 1.82) is 0 Å². The number of carbonyl (C=O) groups excluding carboxylic acids is 1. The molecular weight excluding hydrogens is 220 g/mol. The van der Waals surface area contributed by atoms with Gasteiger partial charge in [-0.15, -0.1) is 0 Å². The van der Waals surface area contributed by atoms with Crippen LogP contribution < -0.4 is 5.32 Å². The Morgan fingerprint density at radius 2 is 1.88 bits per heavy atom. The Labute approximate surface area is 102 Å². The van der Waals surface area contributed by atoms with Gasteiger partial charge in [-0.3, -0.25) is 4.79 Å². The first kappa shape index (κ1) is 14.0. The third-order valence-electron chi connectivity index (χ3n) is 3.47. The van der Waals surface area contributed by atoms with E-state index in [-0.39, 0.29) is 11.8 Å². The summed E-state index contributed by atoms with van der Waals surface area (Å²) in [6, 6.07) is 0. The number of amides is 1. The minimum absolute atomic E-state index is 0.0265. The van der Waals surface area contributed by atoms with Crippen LogP contribution in [0.4, 0.5) is 0 Å². The third-order valence-corrected chi connectivity index (χ3v) is 3.47. The van der Waals surface area contributed by atoms with E-state index in [4.69, 9.17) is 0 Å². The van der Waals surface area contributed by atoms with Crippen molar-refractivity contribution in [3.63, 3.8) is 0 Å². The number of piperidine rings is 1. The zero-order chi connectivity index (χ0) is 13.1. The Balaban J connectivity index is 2.79. The molecule has 0 aromatic carbocycles. The molecule has 0 bridgehead atoms. The summed E-state index contributed by atoms with van der Waals surface area (Å²) in [6.07, 6.45) is 1.59. The molecule has 0 unspecified atom stereocenters. The summed E-state index contributed by atoms with van der Waals surface area (Å²) in [5, 5.41) is 12.4. The molecule has 98 valence electrons. The van der Waals surface area contributed by atoms with E-state index in [1.165, 1.54) is 4.90 Å². The van der Waals surface area contributed by atoms with E-state index < -0.39 is 11.5 Å². The molecule has 2 N–H and O–H groups in total. The minimum atomic E-state index is -1.13. The van der Waals surface area contributed by atoms with Crippen molar-refractivity contribution < 1.29 is 14.7 Å². The monoisotopic (exact) mass is 242 g/mol. The molecule has 0 spiro atoms. The van der Waals surface area contributed by atoms with Gasteiger partial charge < -0.3 is 15.3 Å². The lowest BCUT2D eigenvalue weighted by Gasteiger charge is -2.37. The highest BCUT2D eigenvalue weighted by Gasteiger charge is 2.39. The van der Waals surface area contributed by atoms with Gasteiger partial charge in [-0.2, -0.15) is 0 Å². The zero-order valence-electron chi connectivity index (χ0n) is 10.8. The standard InChI is InChI=1S/C12H22N2O3/c1-4-14(12(2,3)11(16)17)10(15)9-5-7-13-8-6-9/h9,13H,4-8H2,1-3H3,(H,16,17). The first-order valence-corrected chi connectivity index (χ1v) is 6.16. The summed E-state index contributed by atoms with van der Waals surface area (Å²) in [6.45, 7) is 7.09. The number of carboxylic acid groups (broad SMARTS) is 1. The lowest BCUT2D eigenvalue weighted by Crippen LogP contribution is -2.55. The Morgan fingerprint density at radius 1 is 1.35 bits per heavy atom. The van der Waals surface area contributed by atoms with Crippen molar-refractivity contribution in [2.45, 2.75) is 39.2 Å². The molecule has 0 radical (unpaired) electrons. The molecule has 0 saturated carbocycles. The van der Waals surface area contributed by atoms with Gasteiger partial charge in [-0.05, 0) is 46.7 Å². The topological polar surface area (TPSA) is 69.6 Å². The lowest BCUT2D eigenvalue weighted by atomic mass is 9.93. The molecule has 1 fully saturated rings. The average molecular weight is 242 g/mol. The molecule has 0 aliphatic carbocycles. The Bertz CT molecular complexity index is 296. The summed E-state index contributed by atoms with van der Waals surface area (Å²) in [7, 11) is 0. The van der Waals surface area contributed by atoms with Crippen LogP contribution in [0.1, 0.15) is 33.6 Å². The van der Waals surface area contributed by atoms with E-state index in [0.29, 0.717) is 6.54 Å². The van der Waals surface area contributed by atoms with Gasteiger partial charge in [-0.25, -0.2) is 4.79 Å². The molecule has 1 aliphatic rings. The molecule has 17 heavy (non-hydrogen) atoms. The Hall–Kier alpha value is -1.10. The fourth-order valence-electron chi connectivity index (χ4n) is 2.23. The fourth-order valence-corrected chi connectivity index (χ4v) is 2.23. The van der Waals surface area contributed by atoms with E-state index in [1.54, 1.807) is 13.8 Å². The maximum atomic E-state index is 12.3. The van der Waals surface area contributed by atoms with E-state index >= 15 is 0 Å². The molecule has 5 heteroatoms. The van der Waals surface area contributed by atoms with Gasteiger partial charge in [0.15, 0.2) is 0 Å². The second-order valence-electron chi connectivity index (χ2n) is 4.97. The molecule has 1 heterocycles. The van der Waals surface area contributed by atoms with Crippen molar-refractivity contribution in [3.05, 3.63) is 0 Å². The van der Waals surface area contributed by atoms with Gasteiger partial charge in [0, 0.05) is 12.5 Å². The molecule has 1 aliphatic heterocycles. The number of aliphatic carboxylic acids is 1. The van der Waals surface area contributed by atoms with Crippen LogP contribution in [-0.4, -0.2) is 47.1 Å². The number of rotatable bonds is 4. The van der Waals surface area contributed by atoms with Crippen LogP contribution in [0.15, 0.2) is 0 Å². The summed E-state index contributed by atoms with van der Waals surface area (Å²) in [4.78, 5) is 25.0. The SMILES string of the molecule is CCN(C(=O)C1CCNCC1)C(C)(C)C(=O)O. The number of hydrogen-bond donors (Lipinski definition) is 2. The predicted octanol–water partition coefficient (Wildman–Crippen LogP) is 0.698. The normalized spacial score (nSPS) is 17.8. The molecule has 1 saturated heterocycles. The summed E-state index contributed by atoms with van der Waals surface area (Å²) in [5.41, 5.74) is -1.13. The zero-order valence-corrected chi connectivity index (χ0v) is 10.8. The maximum Gasteiger partial charge on any atom is 0.329 e. The van der Waals surface area contributed by atoms with E-state index in [0.717, 1.165) is 25.9 Å². The number of nitrogens with zero attached hydrogens (tertiary/aromatic N) is 1. The third kappa shape index (κ3) is 2.97. The van der Waals surface area contributed by atoms with E-state index in [1.807, 2.05) is 6.92 Å². The molecule has 1 amide bonds. The van der Waals surface area contributed by atoms with Crippen LogP contribution in [0, 0.1) is 5.92 Å². The van der Waals surface area contributed by atoms with Gasteiger partial charge >= 0.3 is 5.97 Å². The highest BCUT2D eigenvalue weighted by Crippen LogP contribution is 2.22. The summed E-state index contributed by atoms with van der Waals surface area (Å²) in [5.74, 6) is -1.02. The minimum Gasteiger partial charge on any atom is -0.480 e. The molecule has 5 nitrogen and oxygen atoms in total. The number of nitrogens with one attached hydrogen (secondary N) is 1. The van der Waals surface area contributed by atoms with Gasteiger partial charge in [0.1, 0.15) is 5.54 Å². The highest BCUT2D eigenvalue weighted by molar-refractivity contribution is 5.87. The number of carbonyl (C=O) groups is 2. The van der Waals surface area contributed by atoms with E-state index in [2.05, 4.69) is 5.32 Å². The number of carboxylic acids is 1. The Morgan fingerprint density at radius 3 is 2.29 bits per heavy atom. The first-order valence-electron chi connectivity index (χ1n) is 6.16. The van der Waals surface area contributed by atoms with Crippen LogP contribution in [0.2, 0.25) is 0 Å². The van der Waals surface area contributed by atoms with Crippen molar-refractivity contribution in [2.24, 2.45) is 5.92 Å². The quantitative estimate of drug-likeness (QED) is 0.761. The second-order valence-corrected chi connectivity index (χ2v) is 4.97. The van der Waals surface area contributed by atoms with Gasteiger partial charge in [0.25, 0.3) is 0 Å². The van der Waals surface area contributed by atoms with Crippen LogP contribution >= 0.6 is 0 Å². The van der Waals surface area contributed by atoms with Crippen molar-refractivity contribution in [1.82, 2.24) is 10.2 Å². The van der Waals surface area contributed by atoms with E-state index in [9.17, 15) is 14.7 Å².